The number of carbonyl (C=O) groups excluding carboxylic acids is 2. The number of hydrogen-bond donors (Lipinski definition) is 2. The summed E-state index contributed by atoms with van der Waals surface area (Å²) >= 11 is 0. The van der Waals surface area contributed by atoms with E-state index in [0.29, 0.717) is 38.8 Å². The molecule has 0 aliphatic carbocycles. The zero-order chi connectivity index (χ0) is 15.8. The average Bonchev–Trinajstić information content (AvgIpc) is 3.03. The third-order valence-corrected chi connectivity index (χ3v) is 5.04. The van der Waals surface area contributed by atoms with Gasteiger partial charge >= 0.3 is 12.0 Å². The highest BCUT2D eigenvalue weighted by atomic mass is 16.4. The van der Waals surface area contributed by atoms with Crippen LogP contribution in [0.25, 0.3) is 0 Å². The summed E-state index contributed by atoms with van der Waals surface area (Å²) in [6.45, 7) is 4.68. The van der Waals surface area contributed by atoms with Gasteiger partial charge in [0, 0.05) is 19.6 Å². The van der Waals surface area contributed by atoms with Gasteiger partial charge in [-0.15, -0.1) is 0 Å². The molecule has 2 saturated heterocycles. The highest BCUT2D eigenvalue weighted by molar-refractivity contribution is 5.88. The number of nitrogens with two attached hydrogens (primary N) is 1. The van der Waals surface area contributed by atoms with Crippen LogP contribution in [-0.2, 0) is 9.59 Å². The van der Waals surface area contributed by atoms with Gasteiger partial charge in [-0.3, -0.25) is 4.79 Å². The minimum absolute atomic E-state index is 0.261. The van der Waals surface area contributed by atoms with E-state index in [2.05, 4.69) is 0 Å². The van der Waals surface area contributed by atoms with E-state index in [1.54, 1.807) is 18.7 Å². The molecule has 0 radical (unpaired) electrons. The lowest BCUT2D eigenvalue weighted by molar-refractivity contribution is -0.148. The van der Waals surface area contributed by atoms with Gasteiger partial charge in [-0.1, -0.05) is 6.92 Å². The molecule has 2 atom stereocenters. The molecule has 2 unspecified atom stereocenters. The summed E-state index contributed by atoms with van der Waals surface area (Å²) in [7, 11) is 0. The van der Waals surface area contributed by atoms with E-state index < -0.39 is 22.8 Å². The van der Waals surface area contributed by atoms with Crippen LogP contribution in [0.4, 0.5) is 4.79 Å². The molecule has 0 aromatic rings. The first kappa shape index (κ1) is 15.6. The lowest BCUT2D eigenvalue weighted by Gasteiger charge is -2.36. The molecule has 118 valence electrons. The van der Waals surface area contributed by atoms with Crippen LogP contribution in [-0.4, -0.2) is 58.0 Å². The van der Waals surface area contributed by atoms with Crippen molar-refractivity contribution >= 4 is 17.9 Å². The number of urea groups is 1. The van der Waals surface area contributed by atoms with E-state index in [0.717, 1.165) is 0 Å². The first-order valence-electron chi connectivity index (χ1n) is 7.37. The van der Waals surface area contributed by atoms with Crippen LogP contribution in [0, 0.1) is 5.41 Å². The Hall–Kier alpha value is -1.79. The maximum absolute atomic E-state index is 12.7. The van der Waals surface area contributed by atoms with Crippen LogP contribution in [0.15, 0.2) is 0 Å². The second kappa shape index (κ2) is 5.20. The van der Waals surface area contributed by atoms with E-state index in [1.165, 1.54) is 4.90 Å². The van der Waals surface area contributed by atoms with E-state index in [4.69, 9.17) is 5.73 Å². The normalized spacial score (nSPS) is 32.5. The summed E-state index contributed by atoms with van der Waals surface area (Å²) in [5.41, 5.74) is 3.57. The van der Waals surface area contributed by atoms with Gasteiger partial charge in [-0.25, -0.2) is 9.59 Å². The second-order valence-electron chi connectivity index (χ2n) is 6.32. The van der Waals surface area contributed by atoms with Crippen molar-refractivity contribution < 1.29 is 19.5 Å². The third-order valence-electron chi connectivity index (χ3n) is 5.04. The second-order valence-corrected chi connectivity index (χ2v) is 6.32. The summed E-state index contributed by atoms with van der Waals surface area (Å²) in [4.78, 5) is 38.8. The van der Waals surface area contributed by atoms with Gasteiger partial charge in [-0.05, 0) is 32.6 Å². The maximum Gasteiger partial charge on any atom is 0.329 e. The molecule has 2 fully saturated rings. The Bertz CT molecular complexity index is 481. The first-order chi connectivity index (χ1) is 9.77. The largest absolute Gasteiger partial charge is 0.479 e. The maximum atomic E-state index is 12.7. The highest BCUT2D eigenvalue weighted by Gasteiger charge is 2.51. The third kappa shape index (κ3) is 2.34. The number of carboxylic acid groups (broad SMARTS) is 1. The fraction of sp³-hybridized carbons (Fsp3) is 0.786. The molecule has 2 aliphatic rings. The van der Waals surface area contributed by atoms with E-state index in [9.17, 15) is 19.5 Å². The standard InChI is InChI=1S/C14H23N3O4/c1-3-14(11(19)20)5-4-7-17(14)12(21)16-8-6-13(2,9-16)10(15)18/h3-9H2,1-2H3,(H2,15,18)(H,19,20). The molecule has 7 heteroatoms. The lowest BCUT2D eigenvalue weighted by atomic mass is 9.89. The van der Waals surface area contributed by atoms with Crippen LogP contribution in [0.3, 0.4) is 0 Å². The molecular weight excluding hydrogens is 274 g/mol. The van der Waals surface area contributed by atoms with Crippen LogP contribution in [0.2, 0.25) is 0 Å². The average molecular weight is 297 g/mol. The molecular formula is C14H23N3O4. The first-order valence-corrected chi connectivity index (χ1v) is 7.37. The summed E-state index contributed by atoms with van der Waals surface area (Å²) in [5, 5.41) is 9.53. The van der Waals surface area contributed by atoms with Crippen molar-refractivity contribution in [2.24, 2.45) is 11.1 Å². The van der Waals surface area contributed by atoms with Crippen molar-refractivity contribution in [3.63, 3.8) is 0 Å². The molecule has 21 heavy (non-hydrogen) atoms. The molecule has 2 heterocycles. The van der Waals surface area contributed by atoms with Crippen LogP contribution in [0.5, 0.6) is 0 Å². The van der Waals surface area contributed by atoms with Gasteiger partial charge in [0.1, 0.15) is 5.54 Å². The van der Waals surface area contributed by atoms with E-state index in [-0.39, 0.29) is 12.6 Å². The minimum Gasteiger partial charge on any atom is -0.479 e. The summed E-state index contributed by atoms with van der Waals surface area (Å²) in [6.07, 6.45) is 2.07. The van der Waals surface area contributed by atoms with Gasteiger partial charge in [0.15, 0.2) is 0 Å². The number of amides is 3. The Labute approximate surface area is 124 Å². The monoisotopic (exact) mass is 297 g/mol. The number of carboxylic acids is 1. The molecule has 2 aliphatic heterocycles. The minimum atomic E-state index is -1.11. The zero-order valence-corrected chi connectivity index (χ0v) is 12.6. The fourth-order valence-electron chi connectivity index (χ4n) is 3.39. The number of aliphatic carboxylic acids is 1. The van der Waals surface area contributed by atoms with Crippen molar-refractivity contribution in [1.29, 1.82) is 0 Å². The smallest absolute Gasteiger partial charge is 0.329 e. The van der Waals surface area contributed by atoms with Crippen LogP contribution in [0.1, 0.15) is 39.5 Å². The van der Waals surface area contributed by atoms with Gasteiger partial charge in [0.2, 0.25) is 5.91 Å². The Kier molecular flexibility index (Phi) is 3.86. The molecule has 3 amide bonds. The van der Waals surface area contributed by atoms with Crippen LogP contribution < -0.4 is 5.73 Å². The fourth-order valence-corrected chi connectivity index (χ4v) is 3.39. The van der Waals surface area contributed by atoms with Crippen molar-refractivity contribution in [2.75, 3.05) is 19.6 Å². The highest BCUT2D eigenvalue weighted by Crippen LogP contribution is 2.36. The Morgan fingerprint density at radius 2 is 1.90 bits per heavy atom. The Balaban J connectivity index is 2.17. The molecule has 0 bridgehead atoms. The van der Waals surface area contributed by atoms with Gasteiger partial charge in [0.05, 0.1) is 5.41 Å². The van der Waals surface area contributed by atoms with Gasteiger partial charge < -0.3 is 20.6 Å². The number of primary amides is 1. The van der Waals surface area contributed by atoms with Crippen molar-refractivity contribution in [3.8, 4) is 0 Å². The molecule has 7 nitrogen and oxygen atoms in total. The Morgan fingerprint density at radius 1 is 1.24 bits per heavy atom. The summed E-state index contributed by atoms with van der Waals surface area (Å²) in [6, 6.07) is -0.290. The van der Waals surface area contributed by atoms with Gasteiger partial charge in [-0.2, -0.15) is 0 Å². The number of likely N-dealkylation sites (tertiary alicyclic amines) is 2. The summed E-state index contributed by atoms with van der Waals surface area (Å²) in [5.74, 6) is -1.37. The summed E-state index contributed by atoms with van der Waals surface area (Å²) < 4.78 is 0. The zero-order valence-electron chi connectivity index (χ0n) is 12.6. The molecule has 3 N–H and O–H groups in total. The number of nitrogens with zero attached hydrogens (tertiary/aromatic N) is 2. The van der Waals surface area contributed by atoms with E-state index in [1.807, 2.05) is 0 Å². The van der Waals surface area contributed by atoms with Crippen molar-refractivity contribution in [3.05, 3.63) is 0 Å². The lowest BCUT2D eigenvalue weighted by Crippen LogP contribution is -2.56. The predicted molar refractivity (Wildman–Crippen MR) is 75.5 cm³/mol. The number of rotatable bonds is 3. The predicted octanol–water partition coefficient (Wildman–Crippen LogP) is 0.633. The molecule has 0 spiro atoms. The van der Waals surface area contributed by atoms with Crippen molar-refractivity contribution in [1.82, 2.24) is 9.80 Å². The molecule has 2 rings (SSSR count). The quantitative estimate of drug-likeness (QED) is 0.797. The van der Waals surface area contributed by atoms with Crippen LogP contribution >= 0.6 is 0 Å². The van der Waals surface area contributed by atoms with Gasteiger partial charge in [0.25, 0.3) is 0 Å². The van der Waals surface area contributed by atoms with E-state index >= 15 is 0 Å². The number of carbonyl (C=O) groups is 3. The SMILES string of the molecule is CCC1(C(=O)O)CCCN1C(=O)N1CCC(C)(C(N)=O)C1. The number of hydrogen-bond acceptors (Lipinski definition) is 3. The molecule has 0 aromatic heterocycles. The Morgan fingerprint density at radius 3 is 2.38 bits per heavy atom. The molecule has 0 aromatic carbocycles. The molecule has 0 saturated carbocycles. The van der Waals surface area contributed by atoms with Crippen molar-refractivity contribution in [2.45, 2.75) is 45.1 Å². The topological polar surface area (TPSA) is 104 Å².